The molecule has 1 N–H and O–H groups in total. The van der Waals surface area contributed by atoms with Gasteiger partial charge in [-0.15, -0.1) is 0 Å². The van der Waals surface area contributed by atoms with Crippen molar-refractivity contribution in [3.8, 4) is 0 Å². The summed E-state index contributed by atoms with van der Waals surface area (Å²) in [6.45, 7) is 5.76. The number of hydrogen-bond acceptors (Lipinski definition) is 3. The molecule has 1 aromatic carbocycles. The molecule has 0 aliphatic rings. The average Bonchev–Trinajstić information content (AvgIpc) is 2.27. The fourth-order valence-corrected chi connectivity index (χ4v) is 1.34. The zero-order valence-corrected chi connectivity index (χ0v) is 10.7. The maximum Gasteiger partial charge on any atom is 0.173 e. The van der Waals surface area contributed by atoms with Crippen LogP contribution in [0.15, 0.2) is 52.2 Å². The molecule has 0 bridgehead atoms. The Morgan fingerprint density at radius 1 is 1.29 bits per heavy atom. The van der Waals surface area contributed by atoms with Gasteiger partial charge in [0.1, 0.15) is 0 Å². The molecule has 3 heteroatoms. The number of aliphatic hydroxyl groups is 1. The lowest BCUT2D eigenvalue weighted by atomic mass is 10.1. The highest BCUT2D eigenvalue weighted by molar-refractivity contribution is 5.34. The molecule has 0 aliphatic carbocycles. The first kappa shape index (κ1) is 13.6. The SMILES string of the molecule is CC(C)=CCCC(C)(O)N=Nc1ccccc1. The quantitative estimate of drug-likeness (QED) is 0.599. The van der Waals surface area contributed by atoms with Crippen molar-refractivity contribution in [2.24, 2.45) is 10.2 Å². The van der Waals surface area contributed by atoms with Gasteiger partial charge in [0.05, 0.1) is 5.69 Å². The van der Waals surface area contributed by atoms with Crippen molar-refractivity contribution in [1.82, 2.24) is 0 Å². The molecule has 0 aliphatic heterocycles. The Hall–Kier alpha value is -1.48. The minimum Gasteiger partial charge on any atom is -0.368 e. The predicted octanol–water partition coefficient (Wildman–Crippen LogP) is 4.23. The molecule has 3 nitrogen and oxygen atoms in total. The number of nitrogens with zero attached hydrogens (tertiary/aromatic N) is 2. The predicted molar refractivity (Wildman–Crippen MR) is 70.2 cm³/mol. The molecule has 0 saturated carbocycles. The molecular formula is C14H20N2O. The topological polar surface area (TPSA) is 45.0 Å². The average molecular weight is 232 g/mol. The van der Waals surface area contributed by atoms with E-state index in [-0.39, 0.29) is 0 Å². The highest BCUT2D eigenvalue weighted by atomic mass is 16.3. The van der Waals surface area contributed by atoms with E-state index in [4.69, 9.17) is 0 Å². The van der Waals surface area contributed by atoms with Crippen LogP contribution in [0.5, 0.6) is 0 Å². The summed E-state index contributed by atoms with van der Waals surface area (Å²) >= 11 is 0. The molecule has 92 valence electrons. The van der Waals surface area contributed by atoms with Gasteiger partial charge in [0.2, 0.25) is 0 Å². The van der Waals surface area contributed by atoms with Gasteiger partial charge in [0, 0.05) is 6.42 Å². The van der Waals surface area contributed by atoms with Gasteiger partial charge in [0.25, 0.3) is 0 Å². The number of hydrogen-bond donors (Lipinski definition) is 1. The molecule has 0 amide bonds. The van der Waals surface area contributed by atoms with Crippen LogP contribution >= 0.6 is 0 Å². The molecule has 1 unspecified atom stereocenters. The van der Waals surface area contributed by atoms with E-state index in [1.54, 1.807) is 6.92 Å². The largest absolute Gasteiger partial charge is 0.368 e. The summed E-state index contributed by atoms with van der Waals surface area (Å²) in [5.41, 5.74) is 0.915. The Kier molecular flexibility index (Phi) is 5.04. The Morgan fingerprint density at radius 3 is 2.53 bits per heavy atom. The number of rotatable bonds is 5. The molecule has 0 saturated heterocycles. The fourth-order valence-electron chi connectivity index (χ4n) is 1.34. The van der Waals surface area contributed by atoms with Gasteiger partial charge in [0.15, 0.2) is 5.72 Å². The highest BCUT2D eigenvalue weighted by Crippen LogP contribution is 2.19. The maximum absolute atomic E-state index is 10.00. The van der Waals surface area contributed by atoms with Gasteiger partial charge >= 0.3 is 0 Å². The molecule has 0 aromatic heterocycles. The van der Waals surface area contributed by atoms with Crippen LogP contribution in [0.1, 0.15) is 33.6 Å². The molecule has 1 rings (SSSR count). The summed E-state index contributed by atoms with van der Waals surface area (Å²) in [6, 6.07) is 9.43. The van der Waals surface area contributed by atoms with Gasteiger partial charge < -0.3 is 5.11 Å². The van der Waals surface area contributed by atoms with Crippen LogP contribution in [0.4, 0.5) is 5.69 Å². The van der Waals surface area contributed by atoms with Crippen molar-refractivity contribution in [3.05, 3.63) is 42.0 Å². The first-order valence-corrected chi connectivity index (χ1v) is 5.83. The van der Waals surface area contributed by atoms with Crippen molar-refractivity contribution >= 4 is 5.69 Å². The fraction of sp³-hybridized carbons (Fsp3) is 0.429. The van der Waals surface area contributed by atoms with Crippen LogP contribution in [-0.4, -0.2) is 10.8 Å². The summed E-state index contributed by atoms with van der Waals surface area (Å²) in [5, 5.41) is 18.0. The Morgan fingerprint density at radius 2 is 1.94 bits per heavy atom. The summed E-state index contributed by atoms with van der Waals surface area (Å²) in [5.74, 6) is 0. The van der Waals surface area contributed by atoms with E-state index in [0.29, 0.717) is 6.42 Å². The van der Waals surface area contributed by atoms with Crippen molar-refractivity contribution in [1.29, 1.82) is 0 Å². The minimum absolute atomic E-state index is 0.578. The van der Waals surface area contributed by atoms with Crippen LogP contribution in [0, 0.1) is 0 Å². The standard InChI is InChI=1S/C14H20N2O/c1-12(2)8-7-11-14(3,17)16-15-13-9-5-4-6-10-13/h4-6,8-10,17H,7,11H2,1-3H3. The normalized spacial score (nSPS) is 14.6. The van der Waals surface area contributed by atoms with E-state index in [1.165, 1.54) is 5.57 Å². The van der Waals surface area contributed by atoms with Crippen molar-refractivity contribution in [3.63, 3.8) is 0 Å². The monoisotopic (exact) mass is 232 g/mol. The van der Waals surface area contributed by atoms with E-state index < -0.39 is 5.72 Å². The van der Waals surface area contributed by atoms with E-state index in [9.17, 15) is 5.11 Å². The first-order chi connectivity index (χ1) is 7.99. The van der Waals surface area contributed by atoms with Gasteiger partial charge in [-0.05, 0) is 39.3 Å². The molecule has 1 aromatic rings. The number of benzene rings is 1. The molecule has 0 radical (unpaired) electrons. The van der Waals surface area contributed by atoms with Gasteiger partial charge in [-0.1, -0.05) is 29.8 Å². The Balaban J connectivity index is 2.54. The maximum atomic E-state index is 10.00. The summed E-state index contributed by atoms with van der Waals surface area (Å²) in [4.78, 5) is 0. The van der Waals surface area contributed by atoms with E-state index >= 15 is 0 Å². The second kappa shape index (κ2) is 6.30. The smallest absolute Gasteiger partial charge is 0.173 e. The lowest BCUT2D eigenvalue weighted by Gasteiger charge is -2.15. The third-order valence-corrected chi connectivity index (χ3v) is 2.31. The molecule has 1 atom stereocenters. The van der Waals surface area contributed by atoms with Crippen LogP contribution in [0.25, 0.3) is 0 Å². The Labute approximate surface area is 103 Å². The second-order valence-corrected chi connectivity index (χ2v) is 4.57. The summed E-state index contributed by atoms with van der Waals surface area (Å²) < 4.78 is 0. The first-order valence-electron chi connectivity index (χ1n) is 5.83. The van der Waals surface area contributed by atoms with Gasteiger partial charge in [-0.25, -0.2) is 0 Å². The van der Waals surface area contributed by atoms with E-state index in [2.05, 4.69) is 16.3 Å². The Bertz CT molecular complexity index is 390. The van der Waals surface area contributed by atoms with E-state index in [1.807, 2.05) is 44.2 Å². The third kappa shape index (κ3) is 5.97. The lowest BCUT2D eigenvalue weighted by molar-refractivity contribution is 0.0543. The summed E-state index contributed by atoms with van der Waals surface area (Å²) in [6.07, 6.45) is 3.48. The van der Waals surface area contributed by atoms with Crippen LogP contribution in [0.2, 0.25) is 0 Å². The zero-order chi connectivity index (χ0) is 12.7. The second-order valence-electron chi connectivity index (χ2n) is 4.57. The molecule has 0 spiro atoms. The van der Waals surface area contributed by atoms with Gasteiger partial charge in [-0.3, -0.25) is 0 Å². The van der Waals surface area contributed by atoms with Gasteiger partial charge in [-0.2, -0.15) is 10.2 Å². The lowest BCUT2D eigenvalue weighted by Crippen LogP contribution is -2.19. The molecule has 17 heavy (non-hydrogen) atoms. The number of azo groups is 1. The van der Waals surface area contributed by atoms with E-state index in [0.717, 1.165) is 12.1 Å². The molecular weight excluding hydrogens is 212 g/mol. The van der Waals surface area contributed by atoms with Crippen LogP contribution in [0.3, 0.4) is 0 Å². The summed E-state index contributed by atoms with van der Waals surface area (Å²) in [7, 11) is 0. The minimum atomic E-state index is -1.10. The van der Waals surface area contributed by atoms with Crippen molar-refractivity contribution < 1.29 is 5.11 Å². The van der Waals surface area contributed by atoms with Crippen molar-refractivity contribution in [2.75, 3.05) is 0 Å². The third-order valence-electron chi connectivity index (χ3n) is 2.31. The molecule has 0 fully saturated rings. The molecule has 0 heterocycles. The van der Waals surface area contributed by atoms with Crippen LogP contribution < -0.4 is 0 Å². The van der Waals surface area contributed by atoms with Crippen LogP contribution in [-0.2, 0) is 0 Å². The number of allylic oxidation sites excluding steroid dienone is 2. The highest BCUT2D eigenvalue weighted by Gasteiger charge is 2.17. The van der Waals surface area contributed by atoms with Crippen molar-refractivity contribution in [2.45, 2.75) is 39.3 Å². The zero-order valence-electron chi connectivity index (χ0n) is 10.7.